The fourth-order valence-corrected chi connectivity index (χ4v) is 1.51. The molecule has 1 aliphatic rings. The summed E-state index contributed by atoms with van der Waals surface area (Å²) in [5, 5.41) is 0.736. The molecule has 0 amide bonds. The first-order valence-corrected chi connectivity index (χ1v) is 4.95. The third-order valence-corrected chi connectivity index (χ3v) is 2.27. The molecule has 0 bridgehead atoms. The number of allylic oxidation sites excluding steroid dienone is 1. The van der Waals surface area contributed by atoms with Crippen LogP contribution in [0.1, 0.15) is 0 Å². The standard InChI is InChI=1S/C13H8N2O/c1-2-5-10(6-3-1)13-15-11-9-14-8-4-7-12(11)16-13/h1-7,9H. The zero-order chi connectivity index (χ0) is 10.8. The van der Waals surface area contributed by atoms with Gasteiger partial charge in [0.1, 0.15) is 5.35 Å². The number of rotatable bonds is 1. The van der Waals surface area contributed by atoms with Crippen LogP contribution in [0.3, 0.4) is 0 Å². The molecule has 0 atom stereocenters. The zero-order valence-electron chi connectivity index (χ0n) is 8.42. The minimum Gasteiger partial charge on any atom is -0.436 e. The Morgan fingerprint density at radius 3 is 2.88 bits per heavy atom. The Morgan fingerprint density at radius 1 is 1.12 bits per heavy atom. The lowest BCUT2D eigenvalue weighted by molar-refractivity contribution is 0.540. The van der Waals surface area contributed by atoms with E-state index in [0.29, 0.717) is 11.3 Å². The second-order valence-electron chi connectivity index (χ2n) is 3.36. The van der Waals surface area contributed by atoms with Crippen LogP contribution in [0, 0.1) is 0 Å². The van der Waals surface area contributed by atoms with E-state index in [1.807, 2.05) is 36.4 Å². The molecule has 76 valence electrons. The predicted molar refractivity (Wildman–Crippen MR) is 62.1 cm³/mol. The Morgan fingerprint density at radius 2 is 2.00 bits per heavy atom. The summed E-state index contributed by atoms with van der Waals surface area (Å²) in [5.41, 5.74) is 1.68. The molecule has 2 aromatic rings. The van der Waals surface area contributed by atoms with Crippen LogP contribution < -0.4 is 10.8 Å². The van der Waals surface area contributed by atoms with Gasteiger partial charge in [0.15, 0.2) is 5.42 Å². The van der Waals surface area contributed by atoms with E-state index in [9.17, 15) is 0 Å². The normalized spacial score (nSPS) is 12.5. The van der Waals surface area contributed by atoms with Gasteiger partial charge in [0, 0.05) is 11.6 Å². The van der Waals surface area contributed by atoms with Crippen LogP contribution >= 0.6 is 0 Å². The number of nitrogens with zero attached hydrogens (tertiary/aromatic N) is 2. The number of aliphatic imine (C=N–C) groups is 1. The van der Waals surface area contributed by atoms with Gasteiger partial charge in [0.2, 0.25) is 5.89 Å². The fourth-order valence-electron chi connectivity index (χ4n) is 1.51. The molecular formula is C13H8N2O. The topological polar surface area (TPSA) is 38.4 Å². The summed E-state index contributed by atoms with van der Waals surface area (Å²) < 4.78 is 5.64. The highest BCUT2D eigenvalue weighted by Gasteiger charge is 2.04. The van der Waals surface area contributed by atoms with Crippen molar-refractivity contribution in [3.8, 4) is 11.5 Å². The number of hydrogen-bond donors (Lipinski definition) is 0. The van der Waals surface area contributed by atoms with E-state index in [-0.39, 0.29) is 0 Å². The summed E-state index contributed by atoms with van der Waals surface area (Å²) in [6.07, 6.45) is 5.16. The minimum atomic E-state index is 0.614. The molecule has 3 heteroatoms. The average Bonchev–Trinajstić information content (AvgIpc) is 2.62. The van der Waals surface area contributed by atoms with Crippen LogP contribution in [0.25, 0.3) is 23.7 Å². The van der Waals surface area contributed by atoms with Gasteiger partial charge in [-0.15, -0.1) is 0 Å². The van der Waals surface area contributed by atoms with Gasteiger partial charge in [-0.25, -0.2) is 9.98 Å². The molecular weight excluding hydrogens is 200 g/mol. The third kappa shape index (κ3) is 1.49. The summed E-state index contributed by atoms with van der Waals surface area (Å²) in [6, 6.07) is 9.80. The van der Waals surface area contributed by atoms with Gasteiger partial charge in [-0.05, 0) is 24.1 Å². The molecule has 3 rings (SSSR count). The lowest BCUT2D eigenvalue weighted by atomic mass is 10.2. The summed E-state index contributed by atoms with van der Waals surface area (Å²) in [7, 11) is 0. The Hall–Kier alpha value is -2.38. The van der Waals surface area contributed by atoms with Gasteiger partial charge in [0.25, 0.3) is 0 Å². The molecule has 0 spiro atoms. The smallest absolute Gasteiger partial charge is 0.227 e. The van der Waals surface area contributed by atoms with Crippen LogP contribution in [0.5, 0.6) is 0 Å². The van der Waals surface area contributed by atoms with Crippen molar-refractivity contribution >= 4 is 18.1 Å². The molecule has 3 nitrogen and oxygen atoms in total. The average molecular weight is 208 g/mol. The van der Waals surface area contributed by atoms with Crippen molar-refractivity contribution in [1.29, 1.82) is 0 Å². The molecule has 0 aliphatic carbocycles. The van der Waals surface area contributed by atoms with Crippen LogP contribution in [0.4, 0.5) is 0 Å². The number of aromatic nitrogens is 1. The predicted octanol–water partition coefficient (Wildman–Crippen LogP) is 1.10. The molecule has 0 N–H and O–H groups in total. The molecule has 0 saturated carbocycles. The lowest BCUT2D eigenvalue weighted by Crippen LogP contribution is -2.20. The van der Waals surface area contributed by atoms with Crippen LogP contribution in [0.15, 0.2) is 45.8 Å². The highest BCUT2D eigenvalue weighted by atomic mass is 16.3. The van der Waals surface area contributed by atoms with Gasteiger partial charge in [-0.3, -0.25) is 0 Å². The van der Waals surface area contributed by atoms with Crippen molar-refractivity contribution in [3.05, 3.63) is 47.2 Å². The minimum absolute atomic E-state index is 0.614. The van der Waals surface area contributed by atoms with E-state index in [4.69, 9.17) is 4.42 Å². The van der Waals surface area contributed by atoms with Gasteiger partial charge < -0.3 is 4.42 Å². The number of benzene rings is 1. The number of fused-ring (bicyclic) bond motifs is 1. The summed E-state index contributed by atoms with van der Waals surface area (Å²) in [6.45, 7) is 0. The highest BCUT2D eigenvalue weighted by molar-refractivity contribution is 5.66. The maximum Gasteiger partial charge on any atom is 0.227 e. The maximum atomic E-state index is 5.64. The van der Waals surface area contributed by atoms with Crippen molar-refractivity contribution in [2.24, 2.45) is 4.99 Å². The zero-order valence-corrected chi connectivity index (χ0v) is 8.42. The molecule has 0 saturated heterocycles. The molecule has 1 aromatic heterocycles. The van der Waals surface area contributed by atoms with Crippen molar-refractivity contribution in [2.45, 2.75) is 0 Å². The van der Waals surface area contributed by atoms with Gasteiger partial charge in [-0.2, -0.15) is 0 Å². The van der Waals surface area contributed by atoms with Gasteiger partial charge in [0.05, 0.1) is 6.20 Å². The van der Waals surface area contributed by atoms with Gasteiger partial charge in [-0.1, -0.05) is 18.2 Å². The summed E-state index contributed by atoms with van der Waals surface area (Å²) in [5.74, 6) is 3.34. The molecule has 0 radical (unpaired) electrons. The van der Waals surface area contributed by atoms with E-state index in [0.717, 1.165) is 10.9 Å². The van der Waals surface area contributed by atoms with E-state index in [1.165, 1.54) is 0 Å². The monoisotopic (exact) mass is 208 g/mol. The van der Waals surface area contributed by atoms with Crippen molar-refractivity contribution < 1.29 is 4.42 Å². The summed E-state index contributed by atoms with van der Waals surface area (Å²) >= 11 is 0. The number of oxazole rings is 1. The van der Waals surface area contributed by atoms with E-state index < -0.39 is 0 Å². The maximum absolute atomic E-state index is 5.64. The Kier molecular flexibility index (Phi) is 2.03. The Bertz CT molecular complexity index is 652. The first-order chi connectivity index (χ1) is 7.93. The van der Waals surface area contributed by atoms with Crippen molar-refractivity contribution in [3.63, 3.8) is 0 Å². The first-order valence-electron chi connectivity index (χ1n) is 4.95. The van der Waals surface area contributed by atoms with E-state index in [1.54, 1.807) is 12.3 Å². The third-order valence-electron chi connectivity index (χ3n) is 2.27. The Balaban J connectivity index is 2.22. The second-order valence-corrected chi connectivity index (χ2v) is 3.36. The first kappa shape index (κ1) is 8.89. The quantitative estimate of drug-likeness (QED) is 0.703. The largest absolute Gasteiger partial charge is 0.436 e. The van der Waals surface area contributed by atoms with Crippen LogP contribution in [-0.4, -0.2) is 10.9 Å². The second kappa shape index (κ2) is 3.65. The highest BCUT2D eigenvalue weighted by Crippen LogP contribution is 2.12. The lowest BCUT2D eigenvalue weighted by Gasteiger charge is -1.91. The molecule has 1 aromatic carbocycles. The molecule has 0 fully saturated rings. The van der Waals surface area contributed by atoms with E-state index >= 15 is 0 Å². The molecule has 1 aliphatic heterocycles. The van der Waals surface area contributed by atoms with Crippen molar-refractivity contribution in [2.75, 3.05) is 0 Å². The number of hydrogen-bond acceptors (Lipinski definition) is 3. The Labute approximate surface area is 91.8 Å². The SMILES string of the molecule is C1=CC=c2oc(-c3ccccc3)nc2=CN=1. The summed E-state index contributed by atoms with van der Waals surface area (Å²) in [4.78, 5) is 8.31. The van der Waals surface area contributed by atoms with Crippen molar-refractivity contribution in [1.82, 2.24) is 4.98 Å². The van der Waals surface area contributed by atoms with Gasteiger partial charge >= 0.3 is 0 Å². The molecule has 0 unspecified atom stereocenters. The van der Waals surface area contributed by atoms with Crippen LogP contribution in [-0.2, 0) is 0 Å². The fraction of sp³-hybridized carbons (Fsp3) is 0. The van der Waals surface area contributed by atoms with E-state index in [2.05, 4.69) is 15.8 Å². The van der Waals surface area contributed by atoms with Crippen LogP contribution in [0.2, 0.25) is 0 Å². The molecule has 16 heavy (non-hydrogen) atoms. The molecule has 2 heterocycles.